The van der Waals surface area contributed by atoms with E-state index < -0.39 is 0 Å². The fourth-order valence-corrected chi connectivity index (χ4v) is 2.25. The highest BCUT2D eigenvalue weighted by Gasteiger charge is 2.10. The number of aryl methyl sites for hydroxylation is 1. The van der Waals surface area contributed by atoms with Crippen molar-refractivity contribution in [2.24, 2.45) is 5.73 Å². The van der Waals surface area contributed by atoms with Gasteiger partial charge in [0.1, 0.15) is 0 Å². The molecule has 110 valence electrons. The molecule has 0 aromatic heterocycles. The maximum absolute atomic E-state index is 12.2. The van der Waals surface area contributed by atoms with E-state index in [1.54, 1.807) is 0 Å². The largest absolute Gasteiger partial charge is 0.350 e. The minimum Gasteiger partial charge on any atom is -0.350 e. The number of carbonyl (C=O) groups excluding carboxylic acids is 1. The fraction of sp³-hybridized carbons (Fsp3) is 0.278. The predicted molar refractivity (Wildman–Crippen MR) is 86.0 cm³/mol. The number of nitrogens with one attached hydrogen (secondary N) is 1. The van der Waals surface area contributed by atoms with E-state index in [-0.39, 0.29) is 11.9 Å². The van der Waals surface area contributed by atoms with E-state index in [0.717, 1.165) is 18.4 Å². The van der Waals surface area contributed by atoms with Crippen LogP contribution in [0.3, 0.4) is 0 Å². The molecule has 3 N–H and O–H groups in total. The molecule has 0 heterocycles. The number of amides is 1. The Bertz CT molecular complexity index is 581. The Kier molecular flexibility index (Phi) is 5.52. The van der Waals surface area contributed by atoms with Crippen LogP contribution in [-0.4, -0.2) is 11.9 Å². The molecule has 21 heavy (non-hydrogen) atoms. The molecule has 2 aromatic carbocycles. The summed E-state index contributed by atoms with van der Waals surface area (Å²) in [5.74, 6) is -0.0362. The van der Waals surface area contributed by atoms with E-state index in [4.69, 9.17) is 5.73 Å². The van der Waals surface area contributed by atoms with Crippen molar-refractivity contribution in [2.75, 3.05) is 0 Å². The molecule has 0 saturated carbocycles. The van der Waals surface area contributed by atoms with Gasteiger partial charge >= 0.3 is 0 Å². The smallest absolute Gasteiger partial charge is 0.251 e. The van der Waals surface area contributed by atoms with Gasteiger partial charge in [-0.1, -0.05) is 42.5 Å². The third-order valence-electron chi connectivity index (χ3n) is 3.51. The van der Waals surface area contributed by atoms with Gasteiger partial charge < -0.3 is 11.1 Å². The molecular weight excluding hydrogens is 260 g/mol. The molecule has 0 spiro atoms. The van der Waals surface area contributed by atoms with Crippen LogP contribution in [0.15, 0.2) is 54.6 Å². The summed E-state index contributed by atoms with van der Waals surface area (Å²) in [5, 5.41) is 3.04. The van der Waals surface area contributed by atoms with Gasteiger partial charge in [0.15, 0.2) is 0 Å². The van der Waals surface area contributed by atoms with E-state index in [1.165, 1.54) is 5.56 Å². The first kappa shape index (κ1) is 15.3. The lowest BCUT2D eigenvalue weighted by Gasteiger charge is -2.14. The first-order valence-corrected chi connectivity index (χ1v) is 7.33. The molecule has 0 aliphatic heterocycles. The Hall–Kier alpha value is -2.13. The van der Waals surface area contributed by atoms with E-state index >= 15 is 0 Å². The van der Waals surface area contributed by atoms with Gasteiger partial charge in [-0.3, -0.25) is 4.79 Å². The third kappa shape index (κ3) is 4.72. The summed E-state index contributed by atoms with van der Waals surface area (Å²) in [6, 6.07) is 17.9. The van der Waals surface area contributed by atoms with Gasteiger partial charge in [0.2, 0.25) is 0 Å². The maximum atomic E-state index is 12.2. The Morgan fingerprint density at radius 1 is 1.10 bits per heavy atom. The van der Waals surface area contributed by atoms with E-state index in [1.807, 2.05) is 49.4 Å². The number of rotatable bonds is 6. The van der Waals surface area contributed by atoms with Crippen LogP contribution in [0.2, 0.25) is 0 Å². The van der Waals surface area contributed by atoms with Crippen LogP contribution in [0.5, 0.6) is 0 Å². The molecule has 0 saturated heterocycles. The third-order valence-corrected chi connectivity index (χ3v) is 3.51. The van der Waals surface area contributed by atoms with Crippen molar-refractivity contribution in [3.8, 4) is 0 Å². The molecule has 2 aromatic rings. The average molecular weight is 282 g/mol. The van der Waals surface area contributed by atoms with Crippen LogP contribution in [-0.2, 0) is 13.0 Å². The lowest BCUT2D eigenvalue weighted by Crippen LogP contribution is -2.32. The van der Waals surface area contributed by atoms with Crippen molar-refractivity contribution in [3.05, 3.63) is 71.3 Å². The van der Waals surface area contributed by atoms with Crippen molar-refractivity contribution >= 4 is 5.91 Å². The molecule has 1 amide bonds. The summed E-state index contributed by atoms with van der Waals surface area (Å²) in [6.07, 6.45) is 1.89. The second-order valence-electron chi connectivity index (χ2n) is 5.30. The fourth-order valence-electron chi connectivity index (χ4n) is 2.25. The van der Waals surface area contributed by atoms with Crippen molar-refractivity contribution in [2.45, 2.75) is 32.4 Å². The van der Waals surface area contributed by atoms with Crippen molar-refractivity contribution in [1.82, 2.24) is 5.32 Å². The SMILES string of the molecule is CC(CCc1ccccc1)NC(=O)c1cccc(CN)c1. The molecule has 0 fully saturated rings. The van der Waals surface area contributed by atoms with Crippen molar-refractivity contribution in [1.29, 1.82) is 0 Å². The van der Waals surface area contributed by atoms with Crippen LogP contribution < -0.4 is 11.1 Å². The zero-order chi connectivity index (χ0) is 15.1. The Morgan fingerprint density at radius 2 is 1.81 bits per heavy atom. The molecule has 1 atom stereocenters. The zero-order valence-electron chi connectivity index (χ0n) is 12.4. The molecule has 0 bridgehead atoms. The van der Waals surface area contributed by atoms with Crippen LogP contribution in [0.1, 0.15) is 34.8 Å². The number of hydrogen-bond acceptors (Lipinski definition) is 2. The van der Waals surface area contributed by atoms with Gasteiger partial charge in [-0.2, -0.15) is 0 Å². The molecular formula is C18H22N2O. The quantitative estimate of drug-likeness (QED) is 0.856. The van der Waals surface area contributed by atoms with Gasteiger partial charge in [0.05, 0.1) is 0 Å². The molecule has 0 aliphatic rings. The number of hydrogen-bond donors (Lipinski definition) is 2. The summed E-state index contributed by atoms with van der Waals surface area (Å²) in [4.78, 5) is 12.2. The second kappa shape index (κ2) is 7.60. The van der Waals surface area contributed by atoms with Crippen LogP contribution in [0.4, 0.5) is 0 Å². The second-order valence-corrected chi connectivity index (χ2v) is 5.30. The Labute approximate surface area is 126 Å². The monoisotopic (exact) mass is 282 g/mol. The zero-order valence-corrected chi connectivity index (χ0v) is 12.4. The topological polar surface area (TPSA) is 55.1 Å². The molecule has 2 rings (SSSR count). The van der Waals surface area contributed by atoms with Crippen LogP contribution >= 0.6 is 0 Å². The van der Waals surface area contributed by atoms with Gasteiger partial charge in [0.25, 0.3) is 5.91 Å². The molecule has 3 heteroatoms. The average Bonchev–Trinajstić information content (AvgIpc) is 2.54. The van der Waals surface area contributed by atoms with Gasteiger partial charge in [-0.25, -0.2) is 0 Å². The van der Waals surface area contributed by atoms with Gasteiger partial charge in [-0.05, 0) is 43.0 Å². The molecule has 0 aliphatic carbocycles. The van der Waals surface area contributed by atoms with Crippen LogP contribution in [0, 0.1) is 0 Å². The minimum absolute atomic E-state index is 0.0362. The lowest BCUT2D eigenvalue weighted by atomic mass is 10.1. The summed E-state index contributed by atoms with van der Waals surface area (Å²) >= 11 is 0. The van der Waals surface area contributed by atoms with Gasteiger partial charge in [-0.15, -0.1) is 0 Å². The standard InChI is InChI=1S/C18H22N2O/c1-14(10-11-15-6-3-2-4-7-15)20-18(21)17-9-5-8-16(12-17)13-19/h2-9,12,14H,10-11,13,19H2,1H3,(H,20,21). The molecule has 3 nitrogen and oxygen atoms in total. The first-order chi connectivity index (χ1) is 10.2. The number of carbonyl (C=O) groups is 1. The van der Waals surface area contributed by atoms with Crippen LogP contribution in [0.25, 0.3) is 0 Å². The molecule has 0 radical (unpaired) electrons. The van der Waals surface area contributed by atoms with Crippen molar-refractivity contribution in [3.63, 3.8) is 0 Å². The van der Waals surface area contributed by atoms with E-state index in [9.17, 15) is 4.79 Å². The lowest BCUT2D eigenvalue weighted by molar-refractivity contribution is 0.0938. The Morgan fingerprint density at radius 3 is 2.52 bits per heavy atom. The summed E-state index contributed by atoms with van der Waals surface area (Å²) in [7, 11) is 0. The van der Waals surface area contributed by atoms with Crippen molar-refractivity contribution < 1.29 is 4.79 Å². The normalized spacial score (nSPS) is 11.9. The highest BCUT2D eigenvalue weighted by molar-refractivity contribution is 5.94. The Balaban J connectivity index is 1.87. The summed E-state index contributed by atoms with van der Waals surface area (Å²) < 4.78 is 0. The van der Waals surface area contributed by atoms with Gasteiger partial charge in [0, 0.05) is 18.2 Å². The highest BCUT2D eigenvalue weighted by Crippen LogP contribution is 2.07. The predicted octanol–water partition coefficient (Wildman–Crippen LogP) is 2.90. The number of benzene rings is 2. The maximum Gasteiger partial charge on any atom is 0.251 e. The first-order valence-electron chi connectivity index (χ1n) is 7.33. The summed E-state index contributed by atoms with van der Waals surface area (Å²) in [6.45, 7) is 2.48. The minimum atomic E-state index is -0.0362. The van der Waals surface area contributed by atoms with E-state index in [2.05, 4.69) is 17.4 Å². The highest BCUT2D eigenvalue weighted by atomic mass is 16.1. The molecule has 1 unspecified atom stereocenters. The summed E-state index contributed by atoms with van der Waals surface area (Å²) in [5.41, 5.74) is 8.54. The number of nitrogens with two attached hydrogens (primary N) is 1. The van der Waals surface area contributed by atoms with E-state index in [0.29, 0.717) is 12.1 Å².